The summed E-state index contributed by atoms with van der Waals surface area (Å²) in [6, 6.07) is 0. The van der Waals surface area contributed by atoms with Crippen LogP contribution in [-0.2, 0) is 16.5 Å². The number of amides is 1. The molecular weight excluding hydrogens is 440 g/mol. The van der Waals surface area contributed by atoms with Crippen LogP contribution in [0.25, 0.3) is 0 Å². The lowest BCUT2D eigenvalue weighted by Crippen LogP contribution is -2.58. The first-order valence-electron chi connectivity index (χ1n) is 11.4. The number of hydrogen-bond acceptors (Lipinski definition) is 6. The van der Waals surface area contributed by atoms with Gasteiger partial charge >= 0.3 is 6.18 Å². The van der Waals surface area contributed by atoms with Crippen LogP contribution in [0.1, 0.15) is 24.6 Å². The summed E-state index contributed by atoms with van der Waals surface area (Å²) >= 11 is 0. The minimum Gasteiger partial charge on any atom is -0.370 e. The first-order valence-corrected chi connectivity index (χ1v) is 11.4. The third-order valence-electron chi connectivity index (χ3n) is 6.32. The van der Waals surface area contributed by atoms with E-state index >= 15 is 0 Å². The maximum atomic E-state index is 13.8. The predicted octanol–water partition coefficient (Wildman–Crippen LogP) is -3.41. The molecular formula is C17H28B6F3N7O. The zero-order valence-corrected chi connectivity index (χ0v) is 21.1. The van der Waals surface area contributed by atoms with Gasteiger partial charge in [-0.3, -0.25) is 9.48 Å². The zero-order chi connectivity index (χ0) is 25.7. The number of likely N-dealkylation sites (tertiary alicyclic amines) is 1. The van der Waals surface area contributed by atoms with E-state index in [9.17, 15) is 18.0 Å². The molecule has 1 saturated heterocycles. The molecule has 0 spiro atoms. The lowest BCUT2D eigenvalue weighted by Gasteiger charge is -2.42. The van der Waals surface area contributed by atoms with E-state index in [1.165, 1.54) is 0 Å². The molecule has 2 N–H and O–H groups in total. The fraction of sp³-hybridized carbons (Fsp3) is 0.529. The Labute approximate surface area is 203 Å². The summed E-state index contributed by atoms with van der Waals surface area (Å²) in [6.45, 7) is 4.34. The molecule has 1 amide bonds. The van der Waals surface area contributed by atoms with Crippen LogP contribution < -0.4 is 10.6 Å². The number of carbonyl (C=O) groups is 1. The molecule has 176 valence electrons. The molecule has 0 saturated carbocycles. The van der Waals surface area contributed by atoms with E-state index in [2.05, 4.69) is 25.7 Å². The molecule has 3 rings (SSSR count). The van der Waals surface area contributed by atoms with Crippen molar-refractivity contribution in [2.24, 2.45) is 0 Å². The van der Waals surface area contributed by atoms with Gasteiger partial charge in [0, 0.05) is 25.5 Å². The summed E-state index contributed by atoms with van der Waals surface area (Å²) in [4.78, 5) is 23.5. The van der Waals surface area contributed by atoms with Crippen LogP contribution in [-0.4, -0.2) is 96.0 Å². The van der Waals surface area contributed by atoms with E-state index in [1.807, 2.05) is 52.0 Å². The Kier molecular flexibility index (Phi) is 6.64. The number of hydrogen-bond donors (Lipinski definition) is 2. The minimum atomic E-state index is -4.57. The van der Waals surface area contributed by atoms with Crippen molar-refractivity contribution in [3.63, 3.8) is 0 Å². The third kappa shape index (κ3) is 4.57. The Morgan fingerprint density at radius 2 is 1.82 bits per heavy atom. The van der Waals surface area contributed by atoms with Crippen LogP contribution in [0.3, 0.4) is 0 Å². The highest BCUT2D eigenvalue weighted by Gasteiger charge is 2.57. The summed E-state index contributed by atoms with van der Waals surface area (Å²) in [5.41, 5.74) is -0.731. The highest BCUT2D eigenvalue weighted by molar-refractivity contribution is 6.62. The summed E-state index contributed by atoms with van der Waals surface area (Å²) in [6.07, 6.45) is -1.50. The van der Waals surface area contributed by atoms with Crippen molar-refractivity contribution in [3.05, 3.63) is 23.7 Å². The van der Waals surface area contributed by atoms with Crippen LogP contribution in [0, 0.1) is 6.92 Å². The molecule has 0 aromatic carbocycles. The number of anilines is 3. The molecule has 3 heterocycles. The Morgan fingerprint density at radius 3 is 2.32 bits per heavy atom. The molecule has 2 aromatic heterocycles. The molecule has 0 bridgehead atoms. The lowest BCUT2D eigenvalue weighted by molar-refractivity contribution is -0.137. The zero-order valence-electron chi connectivity index (χ0n) is 21.1. The number of nitrogens with zero attached hydrogens (tertiary/aromatic N) is 5. The number of alkyl halides is 3. The Bertz CT molecular complexity index is 1090. The second kappa shape index (κ2) is 8.64. The number of nitrogens with one attached hydrogen (secondary N) is 2. The third-order valence-corrected chi connectivity index (χ3v) is 6.32. The van der Waals surface area contributed by atoms with Crippen molar-refractivity contribution in [1.29, 1.82) is 0 Å². The van der Waals surface area contributed by atoms with Crippen LogP contribution >= 0.6 is 0 Å². The molecule has 0 radical (unpaired) electrons. The molecule has 1 unspecified atom stereocenters. The van der Waals surface area contributed by atoms with Crippen molar-refractivity contribution in [1.82, 2.24) is 24.6 Å². The predicted molar refractivity (Wildman–Crippen MR) is 142 cm³/mol. The second-order valence-corrected chi connectivity index (χ2v) is 10.7. The van der Waals surface area contributed by atoms with Gasteiger partial charge in [-0.2, -0.15) is 23.3 Å². The second-order valence-electron chi connectivity index (χ2n) is 10.7. The summed E-state index contributed by atoms with van der Waals surface area (Å²) in [5.74, 6) is -0.289. The summed E-state index contributed by atoms with van der Waals surface area (Å²) in [7, 11) is 12.1. The molecule has 34 heavy (non-hydrogen) atoms. The van der Waals surface area contributed by atoms with E-state index in [1.54, 1.807) is 24.7 Å². The van der Waals surface area contributed by atoms with Gasteiger partial charge in [-0.05, 0) is 25.5 Å². The molecule has 0 aliphatic carbocycles. The maximum Gasteiger partial charge on any atom is 0.421 e. The molecule has 1 aliphatic rings. The van der Waals surface area contributed by atoms with Crippen LogP contribution in [0.4, 0.5) is 30.6 Å². The number of halogens is 3. The highest BCUT2D eigenvalue weighted by Crippen LogP contribution is 2.46. The van der Waals surface area contributed by atoms with Crippen molar-refractivity contribution < 1.29 is 18.0 Å². The van der Waals surface area contributed by atoms with Gasteiger partial charge in [0.15, 0.2) is 0 Å². The average Bonchev–Trinajstić information content (AvgIpc) is 3.21. The smallest absolute Gasteiger partial charge is 0.370 e. The topological polar surface area (TPSA) is 88.0 Å². The highest BCUT2D eigenvalue weighted by atomic mass is 19.4. The van der Waals surface area contributed by atoms with Crippen molar-refractivity contribution >= 4 is 70.4 Å². The van der Waals surface area contributed by atoms with E-state index < -0.39 is 22.4 Å². The summed E-state index contributed by atoms with van der Waals surface area (Å²) < 4.78 is 41.6. The van der Waals surface area contributed by atoms with Gasteiger partial charge < -0.3 is 15.5 Å². The van der Waals surface area contributed by atoms with Gasteiger partial charge in [-0.25, -0.2) is 4.98 Å². The van der Waals surface area contributed by atoms with Crippen LogP contribution in [0.5, 0.6) is 0 Å². The minimum absolute atomic E-state index is 0.00163. The molecule has 2 aromatic rings. The standard InChI is InChI=1S/C17H28B6F3N7O/c1-3-27-11-9(15(24,25)26)6-28-13(30-11)29-10-7-33(31-8(10)2)14(16(18,19)20)4-5-32(12(14)34)17(21,22)23/h6-7H,3-5,18-23H2,1-2H3,(H2,27,28,29,30). The van der Waals surface area contributed by atoms with E-state index in [0.717, 1.165) is 6.20 Å². The van der Waals surface area contributed by atoms with Gasteiger partial charge in [0.05, 0.1) is 34.9 Å². The molecule has 1 fully saturated rings. The van der Waals surface area contributed by atoms with Crippen LogP contribution in [0.15, 0.2) is 12.4 Å². The first kappa shape index (κ1) is 26.1. The average molecular weight is 468 g/mol. The lowest BCUT2D eigenvalue weighted by atomic mass is 9.34. The van der Waals surface area contributed by atoms with Gasteiger partial charge in [0.2, 0.25) is 11.9 Å². The van der Waals surface area contributed by atoms with Gasteiger partial charge in [-0.15, -0.1) is 0 Å². The largest absolute Gasteiger partial charge is 0.421 e. The Hall–Kier alpha value is -2.46. The molecule has 1 aliphatic heterocycles. The Morgan fingerprint density at radius 1 is 1.18 bits per heavy atom. The number of carbonyl (C=O) groups excluding carboxylic acids is 1. The number of aryl methyl sites for hydroxylation is 1. The van der Waals surface area contributed by atoms with E-state index in [-0.39, 0.29) is 29.5 Å². The van der Waals surface area contributed by atoms with Gasteiger partial charge in [0.1, 0.15) is 40.5 Å². The van der Waals surface area contributed by atoms with Gasteiger partial charge in [0.25, 0.3) is 0 Å². The van der Waals surface area contributed by atoms with Gasteiger partial charge in [-0.1, -0.05) is 5.11 Å². The van der Waals surface area contributed by atoms with Crippen molar-refractivity contribution in [2.45, 2.75) is 42.3 Å². The normalized spacial score (nSPS) is 19.4. The molecule has 17 heteroatoms. The fourth-order valence-electron chi connectivity index (χ4n) is 4.45. The quantitative estimate of drug-likeness (QED) is 0.412. The number of rotatable bonds is 7. The SMILES string of the molecule is BC(B)(B)N1CCC(n2cc(Nc3ncc(C(F)(F)F)c(NCC)n3)c(C)n2)(C(B)(B)B)C1=O. The number of aromatic nitrogens is 4. The fourth-order valence-corrected chi connectivity index (χ4v) is 4.45. The van der Waals surface area contributed by atoms with E-state index in [0.29, 0.717) is 24.3 Å². The molecule has 8 nitrogen and oxygen atoms in total. The van der Waals surface area contributed by atoms with Crippen molar-refractivity contribution in [2.75, 3.05) is 23.7 Å². The maximum absolute atomic E-state index is 13.8. The summed E-state index contributed by atoms with van der Waals surface area (Å²) in [5, 5.41) is 9.52. The first-order chi connectivity index (χ1) is 15.5. The van der Waals surface area contributed by atoms with E-state index in [4.69, 9.17) is 0 Å². The molecule has 1 atom stereocenters. The monoisotopic (exact) mass is 469 g/mol. The van der Waals surface area contributed by atoms with Crippen LogP contribution in [0.2, 0.25) is 5.11 Å². The van der Waals surface area contributed by atoms with Crippen molar-refractivity contribution in [3.8, 4) is 0 Å². The Balaban J connectivity index is 2.01.